The van der Waals surface area contributed by atoms with E-state index in [1.165, 1.54) is 4.90 Å². The van der Waals surface area contributed by atoms with Gasteiger partial charge in [-0.25, -0.2) is 13.6 Å². The lowest BCUT2D eigenvalue weighted by molar-refractivity contribution is -0.154. The Hall–Kier alpha value is -2.03. The summed E-state index contributed by atoms with van der Waals surface area (Å²) in [6.45, 7) is 4.02. The second kappa shape index (κ2) is 7.03. The number of carbonyl (C=O) groups is 2. The van der Waals surface area contributed by atoms with Crippen molar-refractivity contribution in [2.45, 2.75) is 32.9 Å². The minimum atomic E-state index is -2.84. The maximum absolute atomic E-state index is 13.4. The van der Waals surface area contributed by atoms with Gasteiger partial charge in [0.1, 0.15) is 5.69 Å². The molecule has 2 rings (SSSR count). The molecule has 1 aromatic rings. The van der Waals surface area contributed by atoms with Crippen molar-refractivity contribution in [1.29, 1.82) is 0 Å². The van der Waals surface area contributed by atoms with Crippen molar-refractivity contribution in [2.75, 3.05) is 19.7 Å². The number of carbonyl (C=O) groups excluding carboxylic acids is 1. The zero-order valence-corrected chi connectivity index (χ0v) is 12.9. The third-order valence-electron chi connectivity index (χ3n) is 3.48. The van der Waals surface area contributed by atoms with Crippen molar-refractivity contribution in [1.82, 2.24) is 14.7 Å². The third-order valence-corrected chi connectivity index (χ3v) is 3.48. The summed E-state index contributed by atoms with van der Waals surface area (Å²) >= 11 is 0. The molecule has 1 saturated heterocycles. The summed E-state index contributed by atoms with van der Waals surface area (Å²) in [7, 11) is 0. The number of amides is 1. The van der Waals surface area contributed by atoms with Crippen LogP contribution in [0, 0.1) is 5.92 Å². The van der Waals surface area contributed by atoms with Gasteiger partial charge < -0.3 is 14.7 Å². The number of aliphatic carboxylic acids is 1. The number of aromatic nitrogens is 2. The Morgan fingerprint density at radius 2 is 2.17 bits per heavy atom. The van der Waals surface area contributed by atoms with Crippen molar-refractivity contribution in [2.24, 2.45) is 5.92 Å². The maximum atomic E-state index is 13.4. The second-order valence-electron chi connectivity index (χ2n) is 5.77. The van der Waals surface area contributed by atoms with Crippen LogP contribution in [0.15, 0.2) is 6.20 Å². The Morgan fingerprint density at radius 1 is 1.48 bits per heavy atom. The molecule has 1 aliphatic heterocycles. The third kappa shape index (κ3) is 3.84. The predicted molar refractivity (Wildman–Crippen MR) is 75.3 cm³/mol. The molecule has 0 bridgehead atoms. The van der Waals surface area contributed by atoms with Gasteiger partial charge in [-0.05, 0) is 5.92 Å². The van der Waals surface area contributed by atoms with Crippen LogP contribution in [0.5, 0.6) is 0 Å². The topological polar surface area (TPSA) is 84.7 Å². The smallest absolute Gasteiger partial charge is 0.334 e. The number of alkyl halides is 2. The van der Waals surface area contributed by atoms with E-state index in [1.54, 1.807) is 0 Å². The van der Waals surface area contributed by atoms with Crippen molar-refractivity contribution >= 4 is 11.9 Å². The first-order chi connectivity index (χ1) is 10.8. The van der Waals surface area contributed by atoms with Gasteiger partial charge in [0.25, 0.3) is 12.3 Å². The summed E-state index contributed by atoms with van der Waals surface area (Å²) in [6.07, 6.45) is -2.86. The largest absolute Gasteiger partial charge is 0.479 e. The Labute approximate surface area is 131 Å². The predicted octanol–water partition coefficient (Wildman–Crippen LogP) is 1.40. The molecule has 1 amide bonds. The molecule has 0 aromatic carbocycles. The number of rotatable bonds is 5. The van der Waals surface area contributed by atoms with Gasteiger partial charge in [0.2, 0.25) is 0 Å². The van der Waals surface area contributed by atoms with Crippen LogP contribution in [-0.4, -0.2) is 57.5 Å². The summed E-state index contributed by atoms with van der Waals surface area (Å²) < 4.78 is 32.9. The van der Waals surface area contributed by atoms with Crippen LogP contribution in [0.4, 0.5) is 8.78 Å². The number of ether oxygens (including phenoxy) is 1. The molecule has 128 valence electrons. The maximum Gasteiger partial charge on any atom is 0.334 e. The number of hydrogen-bond donors (Lipinski definition) is 1. The van der Waals surface area contributed by atoms with Crippen LogP contribution >= 0.6 is 0 Å². The van der Waals surface area contributed by atoms with Crippen LogP contribution < -0.4 is 0 Å². The van der Waals surface area contributed by atoms with E-state index in [0.717, 1.165) is 10.9 Å². The zero-order chi connectivity index (χ0) is 17.1. The van der Waals surface area contributed by atoms with E-state index >= 15 is 0 Å². The molecule has 2 heterocycles. The first kappa shape index (κ1) is 17.3. The number of carboxylic acid groups (broad SMARTS) is 1. The summed E-state index contributed by atoms with van der Waals surface area (Å²) in [5.41, 5.74) is -0.617. The number of halogens is 2. The van der Waals surface area contributed by atoms with Crippen LogP contribution in [0.2, 0.25) is 0 Å². The average Bonchev–Trinajstić information content (AvgIpc) is 2.89. The fourth-order valence-electron chi connectivity index (χ4n) is 2.43. The van der Waals surface area contributed by atoms with Crippen LogP contribution in [0.3, 0.4) is 0 Å². The highest BCUT2D eigenvalue weighted by molar-refractivity contribution is 5.95. The number of hydrogen-bond acceptors (Lipinski definition) is 4. The van der Waals surface area contributed by atoms with E-state index < -0.39 is 30.1 Å². The standard InChI is InChI=1S/C14H19F2N3O4/c1-8(2)6-19-11(12(15)16)9(5-17-19)13(20)18-3-4-23-10(7-18)14(21)22/h5,8,10,12H,3-4,6-7H2,1-2H3,(H,21,22). The molecule has 23 heavy (non-hydrogen) atoms. The Balaban J connectivity index is 2.25. The van der Waals surface area contributed by atoms with Gasteiger partial charge in [-0.1, -0.05) is 13.8 Å². The van der Waals surface area contributed by atoms with E-state index in [2.05, 4.69) is 5.10 Å². The average molecular weight is 331 g/mol. The Morgan fingerprint density at radius 3 is 2.74 bits per heavy atom. The molecule has 0 spiro atoms. The summed E-state index contributed by atoms with van der Waals surface area (Å²) in [4.78, 5) is 24.7. The van der Waals surface area contributed by atoms with Crippen molar-refractivity contribution in [3.05, 3.63) is 17.5 Å². The normalized spacial score (nSPS) is 18.7. The molecule has 1 aliphatic rings. The molecular weight excluding hydrogens is 312 g/mol. The van der Waals surface area contributed by atoms with Crippen LogP contribution in [0.25, 0.3) is 0 Å². The van der Waals surface area contributed by atoms with E-state index in [4.69, 9.17) is 9.84 Å². The number of carboxylic acids is 1. The molecule has 1 unspecified atom stereocenters. The quantitative estimate of drug-likeness (QED) is 0.882. The van der Waals surface area contributed by atoms with Gasteiger partial charge in [0.05, 0.1) is 24.9 Å². The molecule has 1 fully saturated rings. The van der Waals surface area contributed by atoms with Crippen molar-refractivity contribution in [3.8, 4) is 0 Å². The number of morpholine rings is 1. The van der Waals surface area contributed by atoms with Crippen molar-refractivity contribution < 1.29 is 28.2 Å². The van der Waals surface area contributed by atoms with Gasteiger partial charge in [-0.3, -0.25) is 9.48 Å². The second-order valence-corrected chi connectivity index (χ2v) is 5.77. The van der Waals surface area contributed by atoms with Gasteiger partial charge in [0.15, 0.2) is 6.10 Å². The molecule has 9 heteroatoms. The van der Waals surface area contributed by atoms with E-state index in [1.807, 2.05) is 13.8 Å². The van der Waals surface area contributed by atoms with Crippen LogP contribution in [0.1, 0.15) is 36.3 Å². The summed E-state index contributed by atoms with van der Waals surface area (Å²) in [5.74, 6) is -1.74. The fourth-order valence-corrected chi connectivity index (χ4v) is 2.43. The first-order valence-electron chi connectivity index (χ1n) is 7.28. The SMILES string of the molecule is CC(C)Cn1ncc(C(=O)N2CCOC(C(=O)O)C2)c1C(F)F. The molecule has 0 aliphatic carbocycles. The minimum Gasteiger partial charge on any atom is -0.479 e. The highest BCUT2D eigenvalue weighted by Crippen LogP contribution is 2.25. The van der Waals surface area contributed by atoms with Gasteiger partial charge in [0, 0.05) is 13.1 Å². The molecule has 7 nitrogen and oxygen atoms in total. The zero-order valence-electron chi connectivity index (χ0n) is 12.9. The summed E-state index contributed by atoms with van der Waals surface area (Å²) in [6, 6.07) is 0. The monoisotopic (exact) mass is 331 g/mol. The van der Waals surface area contributed by atoms with Gasteiger partial charge in [-0.2, -0.15) is 5.10 Å². The van der Waals surface area contributed by atoms with Gasteiger partial charge >= 0.3 is 5.97 Å². The lowest BCUT2D eigenvalue weighted by Crippen LogP contribution is -2.48. The van der Waals surface area contributed by atoms with E-state index in [9.17, 15) is 18.4 Å². The highest BCUT2D eigenvalue weighted by Gasteiger charge is 2.33. The summed E-state index contributed by atoms with van der Waals surface area (Å²) in [5, 5.41) is 12.8. The lowest BCUT2D eigenvalue weighted by atomic mass is 10.1. The molecule has 1 N–H and O–H groups in total. The minimum absolute atomic E-state index is 0.0485. The molecule has 1 atom stereocenters. The highest BCUT2D eigenvalue weighted by atomic mass is 19.3. The Bertz CT molecular complexity index is 589. The van der Waals surface area contributed by atoms with E-state index in [0.29, 0.717) is 0 Å². The van der Waals surface area contributed by atoms with E-state index in [-0.39, 0.29) is 37.7 Å². The Kier molecular flexibility index (Phi) is 5.30. The fraction of sp³-hybridized carbons (Fsp3) is 0.643. The lowest BCUT2D eigenvalue weighted by Gasteiger charge is -2.30. The molecule has 1 aromatic heterocycles. The molecular formula is C14H19F2N3O4. The van der Waals surface area contributed by atoms with Crippen LogP contribution in [-0.2, 0) is 16.1 Å². The molecule has 0 saturated carbocycles. The molecule has 0 radical (unpaired) electrons. The first-order valence-corrected chi connectivity index (χ1v) is 7.28. The van der Waals surface area contributed by atoms with Gasteiger partial charge in [-0.15, -0.1) is 0 Å². The van der Waals surface area contributed by atoms with Crippen molar-refractivity contribution in [3.63, 3.8) is 0 Å². The number of nitrogens with zero attached hydrogens (tertiary/aromatic N) is 3.